The summed E-state index contributed by atoms with van der Waals surface area (Å²) in [5.41, 5.74) is 7.67. The van der Waals surface area contributed by atoms with Crippen LogP contribution in [-0.4, -0.2) is 57.9 Å². The molecule has 0 spiro atoms. The van der Waals surface area contributed by atoms with Crippen LogP contribution in [0.1, 0.15) is 16.7 Å². The minimum absolute atomic E-state index is 0.00359. The summed E-state index contributed by atoms with van der Waals surface area (Å²) in [6.07, 6.45) is 0. The van der Waals surface area contributed by atoms with Gasteiger partial charge >= 0.3 is 0 Å². The van der Waals surface area contributed by atoms with Gasteiger partial charge in [-0.1, -0.05) is 12.1 Å². The molecule has 0 amide bonds. The Morgan fingerprint density at radius 2 is 1.02 bits per heavy atom. The molecule has 0 saturated heterocycles. The summed E-state index contributed by atoms with van der Waals surface area (Å²) in [5, 5.41) is 37.9. The number of nitrogen functional groups attached to an aromatic ring is 1. The zero-order valence-electron chi connectivity index (χ0n) is 29.5. The molecule has 0 heterocycles. The van der Waals surface area contributed by atoms with E-state index in [1.807, 2.05) is 0 Å². The van der Waals surface area contributed by atoms with Gasteiger partial charge < -0.3 is 20.5 Å². The summed E-state index contributed by atoms with van der Waals surface area (Å²) in [6, 6.07) is 16.0. The Kier molecular flexibility index (Phi) is 10.5. The normalized spacial score (nSPS) is 13.3. The zero-order valence-corrected chi connectivity index (χ0v) is 32.7. The van der Waals surface area contributed by atoms with Crippen LogP contribution < -0.4 is 5.73 Å². The van der Waals surface area contributed by atoms with E-state index in [9.17, 15) is 57.9 Å². The van der Waals surface area contributed by atoms with Crippen LogP contribution in [0.25, 0.3) is 32.7 Å². The molecule has 0 aliphatic heterocycles. The minimum atomic E-state index is -5.03. The number of fused-ring (bicyclic) bond motifs is 2. The second kappa shape index (κ2) is 14.7. The first kappa shape index (κ1) is 40.9. The van der Waals surface area contributed by atoms with E-state index in [0.29, 0.717) is 22.3 Å². The van der Waals surface area contributed by atoms with Crippen molar-refractivity contribution in [2.45, 2.75) is 40.4 Å². The van der Waals surface area contributed by atoms with Crippen LogP contribution in [0.3, 0.4) is 0 Å². The number of nitrogens with two attached hydrogens (primary N) is 1. The molecule has 8 N–H and O–H groups in total. The van der Waals surface area contributed by atoms with E-state index in [1.54, 1.807) is 50.2 Å². The number of phenolic OH excluding ortho intramolecular Hbond substituents is 2. The van der Waals surface area contributed by atoms with Crippen molar-refractivity contribution in [3.8, 4) is 22.6 Å². The molecular formula is C35H29N5O13S4. The van der Waals surface area contributed by atoms with Gasteiger partial charge in [0.2, 0.25) is 0 Å². The summed E-state index contributed by atoms with van der Waals surface area (Å²) < 4.78 is 123. The molecule has 0 aliphatic carbocycles. The van der Waals surface area contributed by atoms with Gasteiger partial charge in [-0.05, 0) is 120 Å². The van der Waals surface area contributed by atoms with Gasteiger partial charge in [-0.2, -0.15) is 35.5 Å². The van der Waals surface area contributed by atoms with Gasteiger partial charge in [0.15, 0.2) is 22.6 Å². The van der Waals surface area contributed by atoms with Gasteiger partial charge in [0.25, 0.3) is 30.4 Å². The molecule has 0 bridgehead atoms. The van der Waals surface area contributed by atoms with E-state index in [2.05, 4.69) is 20.5 Å². The number of nitrogens with zero attached hydrogens (tertiary/aromatic N) is 4. The molecule has 0 aliphatic rings. The highest BCUT2D eigenvalue weighted by Gasteiger charge is 2.26. The lowest BCUT2D eigenvalue weighted by molar-refractivity contribution is 0.471. The number of aromatic hydroxyl groups is 2. The Morgan fingerprint density at radius 1 is 0.561 bits per heavy atom. The van der Waals surface area contributed by atoms with Crippen LogP contribution in [0.2, 0.25) is 0 Å². The van der Waals surface area contributed by atoms with Crippen molar-refractivity contribution in [3.05, 3.63) is 89.5 Å². The summed E-state index contributed by atoms with van der Waals surface area (Å²) >= 11 is -2.48. The Hall–Kier alpha value is -5.72. The lowest BCUT2D eigenvalue weighted by Crippen LogP contribution is -2.02. The first-order valence-electron chi connectivity index (χ1n) is 15.9. The molecule has 0 aromatic heterocycles. The molecule has 1 unspecified atom stereocenters. The molecule has 18 nitrogen and oxygen atoms in total. The van der Waals surface area contributed by atoms with Crippen molar-refractivity contribution in [2.75, 3.05) is 5.73 Å². The Labute approximate surface area is 326 Å². The van der Waals surface area contributed by atoms with Crippen LogP contribution in [0, 0.1) is 20.8 Å². The van der Waals surface area contributed by atoms with Gasteiger partial charge in [-0.15, -0.1) is 10.2 Å². The number of rotatable bonds is 9. The highest BCUT2D eigenvalue weighted by Crippen LogP contribution is 2.46. The van der Waals surface area contributed by atoms with E-state index < -0.39 is 79.0 Å². The fraction of sp³-hybridized carbons (Fsp3) is 0.0857. The largest absolute Gasteiger partial charge is 0.505 e. The van der Waals surface area contributed by atoms with E-state index in [0.717, 1.165) is 36.4 Å². The molecule has 0 saturated carbocycles. The van der Waals surface area contributed by atoms with E-state index in [1.165, 1.54) is 6.92 Å². The fourth-order valence-corrected chi connectivity index (χ4v) is 8.46. The maximum absolute atomic E-state index is 12.3. The molecule has 6 aromatic rings. The third kappa shape index (κ3) is 8.10. The number of aryl methyl sites for hydroxylation is 3. The molecule has 22 heteroatoms. The molecule has 57 heavy (non-hydrogen) atoms. The third-order valence-corrected chi connectivity index (χ3v) is 12.0. The predicted molar refractivity (Wildman–Crippen MR) is 209 cm³/mol. The third-order valence-electron chi connectivity index (χ3n) is 8.77. The van der Waals surface area contributed by atoms with Crippen molar-refractivity contribution < 1.29 is 57.9 Å². The second-order valence-corrected chi connectivity index (χ2v) is 17.8. The van der Waals surface area contributed by atoms with Gasteiger partial charge in [0.1, 0.15) is 21.2 Å². The lowest BCUT2D eigenvalue weighted by Gasteiger charge is -2.12. The van der Waals surface area contributed by atoms with Crippen LogP contribution in [0.5, 0.6) is 11.5 Å². The van der Waals surface area contributed by atoms with Gasteiger partial charge in [-0.25, -0.2) is 4.21 Å². The Balaban J connectivity index is 1.33. The summed E-state index contributed by atoms with van der Waals surface area (Å²) in [4.78, 5) is -2.42. The first-order chi connectivity index (χ1) is 26.4. The fourth-order valence-electron chi connectivity index (χ4n) is 6.09. The molecule has 296 valence electrons. The SMILES string of the molecule is Cc1cc(-c2ccc(N=Nc3c(S(=O)(=O)O)cc4cc(S(=O)O)cc(N)c4c3O)c(C)c2)ccc1N=Nc1c(S(=O)(=O)O)cc2cc(S(=O)(=O)O)cc(C)c2c1O. The highest BCUT2D eigenvalue weighted by atomic mass is 32.2. The monoisotopic (exact) mass is 855 g/mol. The Bertz CT molecular complexity index is 3150. The van der Waals surface area contributed by atoms with Gasteiger partial charge in [0, 0.05) is 16.5 Å². The summed E-state index contributed by atoms with van der Waals surface area (Å²) in [6.45, 7) is 4.77. The average molecular weight is 856 g/mol. The molecule has 0 fully saturated rings. The van der Waals surface area contributed by atoms with Crippen LogP contribution >= 0.6 is 0 Å². The standard InChI is InChI=1S/C35H29N5O13S4/c1-16-8-19(4-6-26(16)37-39-32-29(57(51,52)53)14-22-12-24(55(45,46)47)10-18(3)30(22)34(32)41)20-5-7-27(17(2)9-20)38-40-33-28(56(48,49)50)13-21-11-23(54(43)44)15-25(36)31(21)35(33)42/h4-15,41-42H,36H2,1-3H3,(H,43,44)(H,45,46,47)(H,48,49,50)(H,51,52,53). The van der Waals surface area contributed by atoms with Gasteiger partial charge in [-0.3, -0.25) is 13.7 Å². The molecule has 1 atom stereocenters. The van der Waals surface area contributed by atoms with E-state index >= 15 is 0 Å². The zero-order chi connectivity index (χ0) is 41.9. The summed E-state index contributed by atoms with van der Waals surface area (Å²) in [5.74, 6) is -1.46. The van der Waals surface area contributed by atoms with Crippen LogP contribution in [-0.2, 0) is 41.4 Å². The van der Waals surface area contributed by atoms with E-state index in [4.69, 9.17) is 5.73 Å². The minimum Gasteiger partial charge on any atom is -0.505 e. The first-order valence-corrected chi connectivity index (χ1v) is 21.4. The maximum atomic E-state index is 12.3. The maximum Gasteiger partial charge on any atom is 0.296 e. The van der Waals surface area contributed by atoms with Crippen LogP contribution in [0.4, 0.5) is 28.4 Å². The number of anilines is 1. The number of phenols is 2. The number of benzene rings is 6. The smallest absolute Gasteiger partial charge is 0.296 e. The number of hydrogen-bond acceptors (Lipinski definition) is 14. The molecule has 0 radical (unpaired) electrons. The molecular weight excluding hydrogens is 827 g/mol. The highest BCUT2D eigenvalue weighted by molar-refractivity contribution is 7.86. The van der Waals surface area contributed by atoms with Gasteiger partial charge in [0.05, 0.1) is 21.2 Å². The van der Waals surface area contributed by atoms with Crippen molar-refractivity contribution >= 4 is 91.4 Å². The number of azo groups is 2. The van der Waals surface area contributed by atoms with Crippen molar-refractivity contribution in [1.29, 1.82) is 0 Å². The van der Waals surface area contributed by atoms with Crippen molar-refractivity contribution in [3.63, 3.8) is 0 Å². The summed E-state index contributed by atoms with van der Waals surface area (Å²) in [7, 11) is -14.7. The number of hydrogen-bond donors (Lipinski definition) is 7. The van der Waals surface area contributed by atoms with E-state index in [-0.39, 0.29) is 49.1 Å². The predicted octanol–water partition coefficient (Wildman–Crippen LogP) is 7.73. The lowest BCUT2D eigenvalue weighted by atomic mass is 10.0. The Morgan fingerprint density at radius 3 is 1.44 bits per heavy atom. The quantitative estimate of drug-likeness (QED) is 0.0317. The molecule has 6 aromatic carbocycles. The van der Waals surface area contributed by atoms with Crippen LogP contribution in [0.15, 0.2) is 113 Å². The average Bonchev–Trinajstić information content (AvgIpc) is 3.09. The van der Waals surface area contributed by atoms with Crippen molar-refractivity contribution in [1.82, 2.24) is 0 Å². The van der Waals surface area contributed by atoms with Crippen molar-refractivity contribution in [2.24, 2.45) is 20.5 Å². The molecule has 6 rings (SSSR count). The second-order valence-electron chi connectivity index (χ2n) is 12.7. The topological polar surface area (TPSA) is 316 Å².